The van der Waals surface area contributed by atoms with Gasteiger partial charge in [-0.15, -0.1) is 0 Å². The van der Waals surface area contributed by atoms with E-state index >= 15 is 0 Å². The van der Waals surface area contributed by atoms with Crippen molar-refractivity contribution in [1.29, 1.82) is 0 Å². The zero-order valence-corrected chi connectivity index (χ0v) is 21.7. The van der Waals surface area contributed by atoms with E-state index in [1.807, 2.05) is 6.20 Å². The molecule has 2 aliphatic rings. The lowest BCUT2D eigenvalue weighted by Crippen LogP contribution is -2.46. The van der Waals surface area contributed by atoms with Gasteiger partial charge in [-0.05, 0) is 86.0 Å². The second kappa shape index (κ2) is 12.3. The van der Waals surface area contributed by atoms with Crippen molar-refractivity contribution in [3.05, 3.63) is 47.7 Å². The molecule has 180 valence electrons. The lowest BCUT2D eigenvalue weighted by atomic mass is 9.97. The van der Waals surface area contributed by atoms with Crippen LogP contribution < -0.4 is 0 Å². The molecule has 5 heteroatoms. The highest BCUT2D eigenvalue weighted by molar-refractivity contribution is 6.03. The van der Waals surface area contributed by atoms with Gasteiger partial charge in [-0.2, -0.15) is 0 Å². The van der Waals surface area contributed by atoms with Crippen LogP contribution in [0.15, 0.2) is 52.6 Å². The van der Waals surface area contributed by atoms with E-state index in [-0.39, 0.29) is 5.60 Å². The third kappa shape index (κ3) is 7.84. The molecule has 2 rings (SSSR count). The first-order valence-electron chi connectivity index (χ1n) is 12.3. The monoisotopic (exact) mass is 442 g/mol. The zero-order chi connectivity index (χ0) is 23.7. The Bertz CT molecular complexity index is 740. The van der Waals surface area contributed by atoms with Gasteiger partial charge in [-0.25, -0.2) is 0 Å². The van der Waals surface area contributed by atoms with Crippen LogP contribution in [0.5, 0.6) is 0 Å². The van der Waals surface area contributed by atoms with Gasteiger partial charge in [-0.3, -0.25) is 9.89 Å². The summed E-state index contributed by atoms with van der Waals surface area (Å²) in [4.78, 5) is 12.1. The molecule has 2 saturated heterocycles. The predicted molar refractivity (Wildman–Crippen MR) is 138 cm³/mol. The number of aliphatic imine (C=N–C) groups is 1. The number of hydrogen-bond acceptors (Lipinski definition) is 5. The molecule has 5 nitrogen and oxygen atoms in total. The first-order chi connectivity index (χ1) is 15.2. The van der Waals surface area contributed by atoms with Crippen molar-refractivity contribution in [2.75, 3.05) is 45.8 Å². The van der Waals surface area contributed by atoms with Crippen LogP contribution in [0.2, 0.25) is 0 Å². The topological polar surface area (TPSA) is 31.3 Å². The average Bonchev–Trinajstić information content (AvgIpc) is 3.25. The summed E-state index contributed by atoms with van der Waals surface area (Å²) in [5, 5.41) is 0. The minimum absolute atomic E-state index is 0.215. The Labute approximate surface area is 197 Å². The maximum absolute atomic E-state index is 6.00. The van der Waals surface area contributed by atoms with Crippen molar-refractivity contribution < 1.29 is 4.74 Å². The minimum Gasteiger partial charge on any atom is -0.474 e. The Balaban J connectivity index is 2.22. The van der Waals surface area contributed by atoms with Crippen molar-refractivity contribution in [2.45, 2.75) is 73.3 Å². The molecule has 0 aromatic rings. The second-order valence-corrected chi connectivity index (χ2v) is 9.85. The molecule has 2 aliphatic heterocycles. The van der Waals surface area contributed by atoms with Crippen LogP contribution in [0.4, 0.5) is 0 Å². The van der Waals surface area contributed by atoms with E-state index in [4.69, 9.17) is 9.73 Å². The number of piperazine rings is 1. The molecule has 2 heterocycles. The van der Waals surface area contributed by atoms with Crippen molar-refractivity contribution in [3.8, 4) is 0 Å². The highest BCUT2D eigenvalue weighted by Gasteiger charge is 2.25. The molecule has 0 radical (unpaired) electrons. The molecule has 0 atom stereocenters. The quantitative estimate of drug-likeness (QED) is 0.265. The molecule has 0 aliphatic carbocycles. The molecular weight excluding hydrogens is 396 g/mol. The Morgan fingerprint density at radius 2 is 1.59 bits per heavy atom. The van der Waals surface area contributed by atoms with Crippen LogP contribution in [0, 0.1) is 0 Å². The fourth-order valence-corrected chi connectivity index (χ4v) is 4.42. The highest BCUT2D eigenvalue weighted by Crippen LogP contribution is 2.25. The van der Waals surface area contributed by atoms with Gasteiger partial charge < -0.3 is 14.5 Å². The van der Waals surface area contributed by atoms with E-state index in [0.717, 1.165) is 50.7 Å². The molecule has 0 unspecified atom stereocenters. The number of allylic oxidation sites excluding steroid dienone is 3. The molecule has 0 aromatic heterocycles. The molecule has 2 fully saturated rings. The lowest BCUT2D eigenvalue weighted by molar-refractivity contribution is -0.00707. The number of rotatable bonds is 9. The fourth-order valence-electron chi connectivity index (χ4n) is 4.42. The van der Waals surface area contributed by atoms with E-state index in [1.165, 1.54) is 42.8 Å². The smallest absolute Gasteiger partial charge is 0.182 e. The summed E-state index contributed by atoms with van der Waals surface area (Å²) in [6, 6.07) is 0. The molecule has 0 saturated carbocycles. The van der Waals surface area contributed by atoms with Gasteiger partial charge in [0.25, 0.3) is 0 Å². The van der Waals surface area contributed by atoms with Gasteiger partial charge in [0.2, 0.25) is 0 Å². The van der Waals surface area contributed by atoms with E-state index in [2.05, 4.69) is 81.9 Å². The molecule has 32 heavy (non-hydrogen) atoms. The first-order valence-corrected chi connectivity index (χ1v) is 12.3. The largest absolute Gasteiger partial charge is 0.474 e. The third-order valence-corrected chi connectivity index (χ3v) is 6.13. The molecular formula is C27H46N4O. The van der Waals surface area contributed by atoms with Gasteiger partial charge in [0.15, 0.2) is 5.88 Å². The summed E-state index contributed by atoms with van der Waals surface area (Å²) in [6.45, 7) is 26.3. The Morgan fingerprint density at radius 1 is 1.00 bits per heavy atom. The third-order valence-electron chi connectivity index (χ3n) is 6.13. The summed E-state index contributed by atoms with van der Waals surface area (Å²) < 4.78 is 6.00. The maximum atomic E-state index is 6.00. The van der Waals surface area contributed by atoms with Crippen molar-refractivity contribution in [3.63, 3.8) is 0 Å². The first kappa shape index (κ1) is 26.2. The standard InChI is InChI=1S/C27H46N4O/c1-9-11-14-28-22(3)26(25(10-2)21-29-15-12-13-16-29)23(4)30-17-19-31(20-18-30)24(5)32-27(6,7)8/h10-11,14H,5,9,12-13,15-21H2,1-4,6-8H3/b14-11+,25-10-,26-23-,28-22+. The van der Waals surface area contributed by atoms with E-state index in [1.54, 1.807) is 0 Å². The van der Waals surface area contributed by atoms with Crippen LogP contribution in [-0.2, 0) is 4.74 Å². The molecule has 0 spiro atoms. The van der Waals surface area contributed by atoms with Crippen LogP contribution in [0.1, 0.15) is 67.7 Å². The van der Waals surface area contributed by atoms with Crippen LogP contribution in [0.3, 0.4) is 0 Å². The fraction of sp³-hybridized carbons (Fsp3) is 0.667. The van der Waals surface area contributed by atoms with Crippen LogP contribution in [0.25, 0.3) is 0 Å². The molecule has 0 bridgehead atoms. The summed E-state index contributed by atoms with van der Waals surface area (Å²) >= 11 is 0. The number of nitrogens with zero attached hydrogens (tertiary/aromatic N) is 4. The lowest BCUT2D eigenvalue weighted by Gasteiger charge is -2.40. The van der Waals surface area contributed by atoms with E-state index in [0.29, 0.717) is 0 Å². The van der Waals surface area contributed by atoms with Gasteiger partial charge in [-0.1, -0.05) is 19.1 Å². The summed E-state index contributed by atoms with van der Waals surface area (Å²) in [6.07, 6.45) is 9.98. The second-order valence-electron chi connectivity index (χ2n) is 9.85. The van der Waals surface area contributed by atoms with Crippen LogP contribution >= 0.6 is 0 Å². The predicted octanol–water partition coefficient (Wildman–Crippen LogP) is 5.59. The Kier molecular flexibility index (Phi) is 10.1. The van der Waals surface area contributed by atoms with E-state index in [9.17, 15) is 0 Å². The number of ether oxygens (including phenoxy) is 1. The minimum atomic E-state index is -0.215. The summed E-state index contributed by atoms with van der Waals surface area (Å²) in [5.41, 5.74) is 4.90. The summed E-state index contributed by atoms with van der Waals surface area (Å²) in [7, 11) is 0. The SMILES string of the molecule is C=C(OC(C)(C)C)N1CCN(/C(C)=C(C(=C/C)\CN2CCCC2)/C(C)=N/C=C/CC)CC1. The molecule has 0 N–H and O–H groups in total. The molecule has 0 aromatic carbocycles. The average molecular weight is 443 g/mol. The van der Waals surface area contributed by atoms with Crippen LogP contribution in [-0.4, -0.2) is 71.8 Å². The van der Waals surface area contributed by atoms with Crippen molar-refractivity contribution in [1.82, 2.24) is 14.7 Å². The number of likely N-dealkylation sites (tertiary alicyclic amines) is 1. The van der Waals surface area contributed by atoms with Gasteiger partial charge in [0.1, 0.15) is 5.60 Å². The highest BCUT2D eigenvalue weighted by atomic mass is 16.5. The Morgan fingerprint density at radius 3 is 2.12 bits per heavy atom. The Hall–Kier alpha value is -2.01. The normalized spacial score (nSPS) is 20.2. The summed E-state index contributed by atoms with van der Waals surface area (Å²) in [5.74, 6) is 0.782. The van der Waals surface area contributed by atoms with E-state index < -0.39 is 0 Å². The molecule has 0 amide bonds. The van der Waals surface area contributed by atoms with Gasteiger partial charge in [0.05, 0.1) is 0 Å². The van der Waals surface area contributed by atoms with Crippen molar-refractivity contribution in [2.24, 2.45) is 4.99 Å². The number of hydrogen-bond donors (Lipinski definition) is 0. The zero-order valence-electron chi connectivity index (χ0n) is 21.7. The maximum Gasteiger partial charge on any atom is 0.182 e. The van der Waals surface area contributed by atoms with Crippen molar-refractivity contribution >= 4 is 5.71 Å². The van der Waals surface area contributed by atoms with Gasteiger partial charge >= 0.3 is 0 Å². The van der Waals surface area contributed by atoms with Gasteiger partial charge in [0, 0.05) is 55.9 Å².